The van der Waals surface area contributed by atoms with Crippen LogP contribution >= 0.6 is 0 Å². The quantitative estimate of drug-likeness (QED) is 0.440. The highest BCUT2D eigenvalue weighted by Gasteiger charge is 2.16. The number of ether oxygens (including phenoxy) is 2. The van der Waals surface area contributed by atoms with Crippen LogP contribution in [0.5, 0.6) is 5.75 Å². The van der Waals surface area contributed by atoms with E-state index in [-0.39, 0.29) is 23.6 Å². The van der Waals surface area contributed by atoms with Crippen molar-refractivity contribution in [2.45, 2.75) is 13.3 Å². The molecule has 0 bridgehead atoms. The third kappa shape index (κ3) is 4.55. The zero-order chi connectivity index (χ0) is 14.3. The molecular weight excluding hydrogens is 254 g/mol. The van der Waals surface area contributed by atoms with Crippen LogP contribution in [0.1, 0.15) is 23.7 Å². The van der Waals surface area contributed by atoms with Crippen LogP contribution < -0.4 is 4.74 Å². The molecule has 7 heteroatoms. The molecule has 0 radical (unpaired) electrons. The molecule has 104 valence electrons. The average Bonchev–Trinajstić information content (AvgIpc) is 2.38. The van der Waals surface area contributed by atoms with Crippen LogP contribution in [0, 0.1) is 10.1 Å². The molecule has 0 saturated heterocycles. The number of hydrogen-bond donors (Lipinski definition) is 1. The Kier molecular flexibility index (Phi) is 5.74. The van der Waals surface area contributed by atoms with Crippen molar-refractivity contribution < 1.29 is 24.3 Å². The number of benzene rings is 1. The van der Waals surface area contributed by atoms with E-state index in [4.69, 9.17) is 14.6 Å². The minimum Gasteiger partial charge on any atom is -0.490 e. The Hall–Kier alpha value is -2.15. The number of nitro benzene ring substituents is 1. The van der Waals surface area contributed by atoms with Crippen molar-refractivity contribution in [3.8, 4) is 5.75 Å². The lowest BCUT2D eigenvalue weighted by Gasteiger charge is -2.09. The molecule has 1 rings (SSSR count). The van der Waals surface area contributed by atoms with E-state index in [0.717, 1.165) is 12.5 Å². The lowest BCUT2D eigenvalue weighted by Crippen LogP contribution is -2.10. The predicted octanol–water partition coefficient (Wildman–Crippen LogP) is 2.10. The highest BCUT2D eigenvalue weighted by Crippen LogP contribution is 2.24. The van der Waals surface area contributed by atoms with Gasteiger partial charge < -0.3 is 14.6 Å². The molecule has 0 aliphatic carbocycles. The van der Waals surface area contributed by atoms with Crippen molar-refractivity contribution >= 4 is 11.7 Å². The summed E-state index contributed by atoms with van der Waals surface area (Å²) in [5, 5.41) is 19.5. The van der Waals surface area contributed by atoms with Crippen LogP contribution in [0.15, 0.2) is 18.2 Å². The Morgan fingerprint density at radius 1 is 1.37 bits per heavy atom. The van der Waals surface area contributed by atoms with Gasteiger partial charge in [-0.25, -0.2) is 4.79 Å². The highest BCUT2D eigenvalue weighted by atomic mass is 16.6. The van der Waals surface area contributed by atoms with Crippen LogP contribution in [0.3, 0.4) is 0 Å². The number of nitro groups is 1. The van der Waals surface area contributed by atoms with Gasteiger partial charge in [0.15, 0.2) is 0 Å². The number of carboxylic acids is 1. The summed E-state index contributed by atoms with van der Waals surface area (Å²) in [6, 6.07) is 3.46. The van der Waals surface area contributed by atoms with Gasteiger partial charge in [-0.1, -0.05) is 6.92 Å². The fourth-order valence-electron chi connectivity index (χ4n) is 1.38. The third-order valence-electron chi connectivity index (χ3n) is 2.24. The molecule has 0 unspecified atom stereocenters. The number of rotatable bonds is 8. The van der Waals surface area contributed by atoms with E-state index < -0.39 is 10.9 Å². The Morgan fingerprint density at radius 2 is 2.11 bits per heavy atom. The first-order chi connectivity index (χ1) is 9.06. The second-order valence-corrected chi connectivity index (χ2v) is 3.70. The first kappa shape index (κ1) is 14.9. The van der Waals surface area contributed by atoms with Crippen molar-refractivity contribution in [1.82, 2.24) is 0 Å². The first-order valence-electron chi connectivity index (χ1n) is 5.78. The van der Waals surface area contributed by atoms with Crippen LogP contribution in [-0.2, 0) is 4.74 Å². The number of aromatic carboxylic acids is 1. The normalized spacial score (nSPS) is 10.2. The standard InChI is InChI=1S/C12H15NO6/c1-2-5-18-6-7-19-11-4-3-9(13(16)17)8-10(11)12(14)15/h3-4,8H,2,5-7H2,1H3,(H,14,15). The summed E-state index contributed by atoms with van der Waals surface area (Å²) >= 11 is 0. The van der Waals surface area contributed by atoms with Gasteiger partial charge in [0, 0.05) is 18.7 Å². The minimum atomic E-state index is -1.27. The first-order valence-corrected chi connectivity index (χ1v) is 5.78. The van der Waals surface area contributed by atoms with E-state index in [2.05, 4.69) is 0 Å². The second kappa shape index (κ2) is 7.32. The van der Waals surface area contributed by atoms with Crippen molar-refractivity contribution in [1.29, 1.82) is 0 Å². The number of hydrogen-bond acceptors (Lipinski definition) is 5. The number of carbonyl (C=O) groups is 1. The largest absolute Gasteiger partial charge is 0.490 e. The summed E-state index contributed by atoms with van der Waals surface area (Å²) in [7, 11) is 0. The predicted molar refractivity (Wildman–Crippen MR) is 66.7 cm³/mol. The molecular formula is C12H15NO6. The summed E-state index contributed by atoms with van der Waals surface area (Å²) in [4.78, 5) is 20.9. The van der Waals surface area contributed by atoms with Gasteiger partial charge in [0.1, 0.15) is 17.9 Å². The summed E-state index contributed by atoms with van der Waals surface area (Å²) in [5.41, 5.74) is -0.517. The van der Waals surface area contributed by atoms with Crippen LogP contribution in [0.2, 0.25) is 0 Å². The minimum absolute atomic E-state index is 0.0956. The van der Waals surface area contributed by atoms with Crippen molar-refractivity contribution in [3.05, 3.63) is 33.9 Å². The number of nitrogens with zero attached hydrogens (tertiary/aromatic N) is 1. The average molecular weight is 269 g/mol. The molecule has 0 saturated carbocycles. The fraction of sp³-hybridized carbons (Fsp3) is 0.417. The van der Waals surface area contributed by atoms with Gasteiger partial charge in [-0.2, -0.15) is 0 Å². The van der Waals surface area contributed by atoms with Crippen LogP contribution in [0.4, 0.5) is 5.69 Å². The maximum absolute atomic E-state index is 11.0. The number of carboxylic acid groups (broad SMARTS) is 1. The molecule has 1 N–H and O–H groups in total. The van der Waals surface area contributed by atoms with Crippen molar-refractivity contribution in [2.75, 3.05) is 19.8 Å². The van der Waals surface area contributed by atoms with E-state index in [1.165, 1.54) is 12.1 Å². The molecule has 0 aliphatic heterocycles. The molecule has 7 nitrogen and oxygen atoms in total. The monoisotopic (exact) mass is 269 g/mol. The van der Waals surface area contributed by atoms with E-state index in [1.54, 1.807) is 0 Å². The van der Waals surface area contributed by atoms with Gasteiger partial charge >= 0.3 is 5.97 Å². The lowest BCUT2D eigenvalue weighted by atomic mass is 10.2. The van der Waals surface area contributed by atoms with E-state index in [9.17, 15) is 14.9 Å². The zero-order valence-electron chi connectivity index (χ0n) is 10.5. The Morgan fingerprint density at radius 3 is 2.68 bits per heavy atom. The Labute approximate surface area is 109 Å². The van der Waals surface area contributed by atoms with Gasteiger partial charge in [0.25, 0.3) is 5.69 Å². The third-order valence-corrected chi connectivity index (χ3v) is 2.24. The molecule has 0 spiro atoms. The molecule has 19 heavy (non-hydrogen) atoms. The summed E-state index contributed by atoms with van der Waals surface area (Å²) < 4.78 is 10.4. The van der Waals surface area contributed by atoms with E-state index in [1.807, 2.05) is 6.92 Å². The van der Waals surface area contributed by atoms with Gasteiger partial charge in [0.05, 0.1) is 11.5 Å². The lowest BCUT2D eigenvalue weighted by molar-refractivity contribution is -0.384. The molecule has 0 atom stereocenters. The molecule has 0 amide bonds. The second-order valence-electron chi connectivity index (χ2n) is 3.70. The maximum atomic E-state index is 11.0. The van der Waals surface area contributed by atoms with E-state index >= 15 is 0 Å². The molecule has 0 aliphatic rings. The summed E-state index contributed by atoms with van der Waals surface area (Å²) in [5.74, 6) is -1.17. The topological polar surface area (TPSA) is 98.9 Å². The van der Waals surface area contributed by atoms with Gasteiger partial charge in [-0.15, -0.1) is 0 Å². The van der Waals surface area contributed by atoms with Gasteiger partial charge in [0.2, 0.25) is 0 Å². The molecule has 1 aromatic carbocycles. The zero-order valence-corrected chi connectivity index (χ0v) is 10.5. The van der Waals surface area contributed by atoms with Crippen molar-refractivity contribution in [3.63, 3.8) is 0 Å². The highest BCUT2D eigenvalue weighted by molar-refractivity contribution is 5.91. The fourth-order valence-corrected chi connectivity index (χ4v) is 1.38. The van der Waals surface area contributed by atoms with Crippen LogP contribution in [-0.4, -0.2) is 35.8 Å². The Balaban J connectivity index is 2.71. The SMILES string of the molecule is CCCOCCOc1ccc([N+](=O)[O-])cc1C(=O)O. The van der Waals surface area contributed by atoms with Crippen LogP contribution in [0.25, 0.3) is 0 Å². The molecule has 0 aromatic heterocycles. The molecule has 1 aromatic rings. The summed E-state index contributed by atoms with van der Waals surface area (Å²) in [6.45, 7) is 3.11. The van der Waals surface area contributed by atoms with Gasteiger partial charge in [-0.05, 0) is 12.5 Å². The summed E-state index contributed by atoms with van der Waals surface area (Å²) in [6.07, 6.45) is 0.887. The number of non-ortho nitro benzene ring substituents is 1. The molecule has 0 heterocycles. The molecule has 0 fully saturated rings. The van der Waals surface area contributed by atoms with E-state index in [0.29, 0.717) is 13.2 Å². The van der Waals surface area contributed by atoms with Crippen molar-refractivity contribution in [2.24, 2.45) is 0 Å². The Bertz CT molecular complexity index is 460. The van der Waals surface area contributed by atoms with Gasteiger partial charge in [-0.3, -0.25) is 10.1 Å². The maximum Gasteiger partial charge on any atom is 0.339 e. The smallest absolute Gasteiger partial charge is 0.339 e.